The number of nitrogens with zero attached hydrogens (tertiary/aromatic N) is 4. The molecule has 0 saturated carbocycles. The summed E-state index contributed by atoms with van der Waals surface area (Å²) in [7, 11) is 4.99. The molecule has 0 bridgehead atoms. The molecular formula is C16H16N4O2. The molecule has 6 nitrogen and oxygen atoms in total. The van der Waals surface area contributed by atoms with Crippen LogP contribution in [0.1, 0.15) is 11.3 Å². The van der Waals surface area contributed by atoms with Crippen molar-refractivity contribution >= 4 is 6.08 Å². The first-order valence-electron chi connectivity index (χ1n) is 6.63. The quantitative estimate of drug-likeness (QED) is 0.845. The number of nitriles is 1. The summed E-state index contributed by atoms with van der Waals surface area (Å²) in [6.45, 7) is 0. The molecule has 0 aliphatic carbocycles. The molecule has 0 N–H and O–H groups in total. The third-order valence-electron chi connectivity index (χ3n) is 3.15. The summed E-state index contributed by atoms with van der Waals surface area (Å²) in [6, 6.07) is 10.8. The van der Waals surface area contributed by atoms with Gasteiger partial charge >= 0.3 is 5.69 Å². The Balaban J connectivity index is 2.93. The van der Waals surface area contributed by atoms with Crippen LogP contribution < -0.4 is 11.2 Å². The maximum Gasteiger partial charge on any atom is 0.335 e. The van der Waals surface area contributed by atoms with Crippen molar-refractivity contribution in [3.63, 3.8) is 0 Å². The summed E-state index contributed by atoms with van der Waals surface area (Å²) in [6.07, 6.45) is 3.28. The lowest BCUT2D eigenvalue weighted by atomic mass is 10.2. The van der Waals surface area contributed by atoms with Crippen LogP contribution in [0.2, 0.25) is 0 Å². The molecule has 0 atom stereocenters. The lowest BCUT2D eigenvalue weighted by molar-refractivity contribution is 0.567. The van der Waals surface area contributed by atoms with Crippen LogP contribution in [-0.4, -0.2) is 28.1 Å². The Hall–Kier alpha value is -3.07. The van der Waals surface area contributed by atoms with Crippen LogP contribution in [0.15, 0.2) is 46.1 Å². The summed E-state index contributed by atoms with van der Waals surface area (Å²) in [5.41, 5.74) is -0.288. The van der Waals surface area contributed by atoms with E-state index in [2.05, 4.69) is 0 Å². The van der Waals surface area contributed by atoms with Crippen LogP contribution in [0.25, 0.3) is 11.8 Å². The summed E-state index contributed by atoms with van der Waals surface area (Å²) in [5.74, 6) is 0. The van der Waals surface area contributed by atoms with Gasteiger partial charge in [-0.1, -0.05) is 18.2 Å². The normalized spacial score (nSPS) is 10.6. The van der Waals surface area contributed by atoms with Crippen LogP contribution in [0, 0.1) is 11.3 Å². The fraction of sp³-hybridized carbons (Fsp3) is 0.188. The van der Waals surface area contributed by atoms with Crippen molar-refractivity contribution in [2.75, 3.05) is 14.1 Å². The molecule has 1 heterocycles. The van der Waals surface area contributed by atoms with E-state index in [0.717, 1.165) is 4.57 Å². The molecule has 0 aliphatic heterocycles. The third kappa shape index (κ3) is 2.69. The zero-order valence-electron chi connectivity index (χ0n) is 12.6. The minimum absolute atomic E-state index is 0.0657. The molecule has 0 radical (unpaired) electrons. The molecule has 22 heavy (non-hydrogen) atoms. The maximum absolute atomic E-state index is 12.5. The Morgan fingerprint density at radius 3 is 2.36 bits per heavy atom. The number of rotatable bonds is 3. The zero-order chi connectivity index (χ0) is 16.3. The monoisotopic (exact) mass is 296 g/mol. The second-order valence-corrected chi connectivity index (χ2v) is 4.97. The van der Waals surface area contributed by atoms with Crippen LogP contribution >= 0.6 is 0 Å². The highest BCUT2D eigenvalue weighted by atomic mass is 16.2. The van der Waals surface area contributed by atoms with Gasteiger partial charge in [-0.05, 0) is 18.2 Å². The molecule has 112 valence electrons. The molecule has 2 rings (SSSR count). The van der Waals surface area contributed by atoms with Gasteiger partial charge in [0.15, 0.2) is 0 Å². The summed E-state index contributed by atoms with van der Waals surface area (Å²) >= 11 is 0. The van der Waals surface area contributed by atoms with E-state index < -0.39 is 11.2 Å². The minimum atomic E-state index is -0.599. The Kier molecular flexibility index (Phi) is 4.28. The maximum atomic E-state index is 12.5. The fourth-order valence-corrected chi connectivity index (χ4v) is 2.04. The third-order valence-corrected chi connectivity index (χ3v) is 3.15. The molecular weight excluding hydrogens is 280 g/mol. The Morgan fingerprint density at radius 2 is 1.82 bits per heavy atom. The Morgan fingerprint density at radius 1 is 1.18 bits per heavy atom. The second-order valence-electron chi connectivity index (χ2n) is 4.97. The number of hydrogen-bond acceptors (Lipinski definition) is 4. The molecule has 0 saturated heterocycles. The van der Waals surface area contributed by atoms with Gasteiger partial charge in [-0.25, -0.2) is 4.79 Å². The predicted molar refractivity (Wildman–Crippen MR) is 84.7 cm³/mol. The molecule has 0 spiro atoms. The van der Waals surface area contributed by atoms with Gasteiger partial charge in [0.05, 0.1) is 11.4 Å². The van der Waals surface area contributed by atoms with Gasteiger partial charge in [0.1, 0.15) is 11.6 Å². The second kappa shape index (κ2) is 6.14. The molecule has 1 aromatic carbocycles. The highest BCUT2D eigenvalue weighted by Crippen LogP contribution is 2.12. The first-order valence-corrected chi connectivity index (χ1v) is 6.63. The molecule has 6 heteroatoms. The van der Waals surface area contributed by atoms with Gasteiger partial charge in [0, 0.05) is 27.3 Å². The Labute approximate surface area is 127 Å². The largest absolute Gasteiger partial charge is 0.383 e. The SMILES string of the molecule is CN(C)/C=C/c1c(C#N)c(=O)n(C)c(=O)n1-c1ccccc1. The average molecular weight is 296 g/mol. The van der Waals surface area contributed by atoms with Crippen molar-refractivity contribution in [2.24, 2.45) is 7.05 Å². The van der Waals surface area contributed by atoms with Gasteiger partial charge in [0.25, 0.3) is 5.56 Å². The van der Waals surface area contributed by atoms with E-state index in [-0.39, 0.29) is 11.3 Å². The molecule has 0 unspecified atom stereocenters. The fourth-order valence-electron chi connectivity index (χ4n) is 2.04. The highest BCUT2D eigenvalue weighted by Gasteiger charge is 2.16. The van der Waals surface area contributed by atoms with Crippen LogP contribution in [0.5, 0.6) is 0 Å². The first-order chi connectivity index (χ1) is 10.5. The van der Waals surface area contributed by atoms with Crippen molar-refractivity contribution in [3.05, 3.63) is 68.6 Å². The smallest absolute Gasteiger partial charge is 0.335 e. The number of hydrogen-bond donors (Lipinski definition) is 0. The van der Waals surface area contributed by atoms with Crippen molar-refractivity contribution in [2.45, 2.75) is 0 Å². The minimum Gasteiger partial charge on any atom is -0.383 e. The van der Waals surface area contributed by atoms with E-state index in [1.165, 1.54) is 11.6 Å². The highest BCUT2D eigenvalue weighted by molar-refractivity contribution is 5.56. The lowest BCUT2D eigenvalue weighted by Crippen LogP contribution is -2.40. The van der Waals surface area contributed by atoms with Crippen molar-refractivity contribution in [1.82, 2.24) is 14.0 Å². The molecule has 0 aliphatic rings. The predicted octanol–water partition coefficient (Wildman–Crippen LogP) is 0.940. The van der Waals surface area contributed by atoms with Crippen molar-refractivity contribution in [3.8, 4) is 11.8 Å². The first kappa shape index (κ1) is 15.3. The molecule has 0 amide bonds. The Bertz CT molecular complexity index is 868. The van der Waals surface area contributed by atoms with E-state index in [9.17, 15) is 14.9 Å². The van der Waals surface area contributed by atoms with E-state index in [1.807, 2.05) is 26.2 Å². The summed E-state index contributed by atoms with van der Waals surface area (Å²) in [4.78, 5) is 26.4. The van der Waals surface area contributed by atoms with Crippen LogP contribution in [-0.2, 0) is 7.05 Å². The van der Waals surface area contributed by atoms with Gasteiger partial charge in [-0.15, -0.1) is 0 Å². The molecule has 0 fully saturated rings. The number of para-hydroxylation sites is 1. The van der Waals surface area contributed by atoms with Crippen molar-refractivity contribution < 1.29 is 0 Å². The van der Waals surface area contributed by atoms with Crippen LogP contribution in [0.4, 0.5) is 0 Å². The van der Waals surface area contributed by atoms with E-state index >= 15 is 0 Å². The molecule has 1 aromatic heterocycles. The van der Waals surface area contributed by atoms with Gasteiger partial charge < -0.3 is 4.90 Å². The summed E-state index contributed by atoms with van der Waals surface area (Å²) in [5, 5.41) is 9.32. The van der Waals surface area contributed by atoms with E-state index in [4.69, 9.17) is 0 Å². The standard InChI is InChI=1S/C16H16N4O2/c1-18(2)10-9-14-13(11-17)15(21)19(3)16(22)20(14)12-7-5-4-6-8-12/h4-10H,1-3H3/b10-9+. The number of aromatic nitrogens is 2. The van der Waals surface area contributed by atoms with Gasteiger partial charge in [0.2, 0.25) is 0 Å². The van der Waals surface area contributed by atoms with Gasteiger partial charge in [-0.3, -0.25) is 13.9 Å². The van der Waals surface area contributed by atoms with Crippen LogP contribution in [0.3, 0.4) is 0 Å². The zero-order valence-corrected chi connectivity index (χ0v) is 12.6. The van der Waals surface area contributed by atoms with E-state index in [1.54, 1.807) is 41.4 Å². The van der Waals surface area contributed by atoms with Crippen molar-refractivity contribution in [1.29, 1.82) is 5.26 Å². The topological polar surface area (TPSA) is 71.0 Å². The summed E-state index contributed by atoms with van der Waals surface area (Å²) < 4.78 is 2.30. The number of benzene rings is 1. The van der Waals surface area contributed by atoms with E-state index in [0.29, 0.717) is 5.69 Å². The average Bonchev–Trinajstić information content (AvgIpc) is 2.51. The molecule has 2 aromatic rings. The van der Waals surface area contributed by atoms with Gasteiger partial charge in [-0.2, -0.15) is 5.26 Å². The lowest BCUT2D eigenvalue weighted by Gasteiger charge is -2.14.